The molecule has 0 saturated heterocycles. The number of benzene rings is 1. The van der Waals surface area contributed by atoms with Gasteiger partial charge in [-0.1, -0.05) is 18.7 Å². The predicted molar refractivity (Wildman–Crippen MR) is 52.7 cm³/mol. The number of ether oxygens (including phenoxy) is 1. The zero-order valence-electron chi connectivity index (χ0n) is 8.27. The van der Waals surface area contributed by atoms with Gasteiger partial charge in [-0.3, -0.25) is 0 Å². The number of hydrogen-bond donors (Lipinski definition) is 0. The molecule has 1 nitrogen and oxygen atoms in total. The number of alkyl halides is 3. The largest absolute Gasteiger partial charge is 0.494 e. The van der Waals surface area contributed by atoms with Gasteiger partial charge >= 0.3 is 6.18 Å². The van der Waals surface area contributed by atoms with Gasteiger partial charge in [0.05, 0.1) is 12.2 Å². The minimum atomic E-state index is -4.38. The molecule has 0 N–H and O–H groups in total. The van der Waals surface area contributed by atoms with Crippen LogP contribution in [0.15, 0.2) is 30.8 Å². The molecule has 0 amide bonds. The molecular formula is C11H11F3O. The smallest absolute Gasteiger partial charge is 0.416 e. The summed E-state index contributed by atoms with van der Waals surface area (Å²) in [6, 6.07) is 5.69. The SMILES string of the molecule is C=C(c1ccc(OCC)cc1)C(F)(F)F. The van der Waals surface area contributed by atoms with Crippen LogP contribution in [0.4, 0.5) is 13.2 Å². The van der Waals surface area contributed by atoms with E-state index in [-0.39, 0.29) is 5.56 Å². The van der Waals surface area contributed by atoms with Crippen molar-refractivity contribution in [1.82, 2.24) is 0 Å². The van der Waals surface area contributed by atoms with Gasteiger partial charge in [0, 0.05) is 0 Å². The maximum atomic E-state index is 12.3. The van der Waals surface area contributed by atoms with Crippen LogP contribution in [-0.4, -0.2) is 12.8 Å². The van der Waals surface area contributed by atoms with Crippen LogP contribution in [0.2, 0.25) is 0 Å². The van der Waals surface area contributed by atoms with E-state index < -0.39 is 11.7 Å². The van der Waals surface area contributed by atoms with Crippen molar-refractivity contribution < 1.29 is 17.9 Å². The van der Waals surface area contributed by atoms with Gasteiger partial charge in [0.25, 0.3) is 0 Å². The molecule has 0 atom stereocenters. The number of rotatable bonds is 3. The summed E-state index contributed by atoms with van der Waals surface area (Å²) in [6.45, 7) is 5.30. The molecule has 15 heavy (non-hydrogen) atoms. The number of halogens is 3. The number of allylic oxidation sites excluding steroid dienone is 1. The minimum Gasteiger partial charge on any atom is -0.494 e. The first kappa shape index (κ1) is 11.6. The summed E-state index contributed by atoms with van der Waals surface area (Å²) in [5, 5.41) is 0. The highest BCUT2D eigenvalue weighted by Gasteiger charge is 2.32. The van der Waals surface area contributed by atoms with Crippen LogP contribution in [0.5, 0.6) is 5.75 Å². The molecule has 0 aliphatic rings. The van der Waals surface area contributed by atoms with Crippen molar-refractivity contribution in [2.24, 2.45) is 0 Å². The van der Waals surface area contributed by atoms with Gasteiger partial charge in [-0.2, -0.15) is 13.2 Å². The average Bonchev–Trinajstić information content (AvgIpc) is 2.17. The Morgan fingerprint density at radius 3 is 2.20 bits per heavy atom. The second-order valence-corrected chi connectivity index (χ2v) is 2.93. The first-order valence-corrected chi connectivity index (χ1v) is 4.44. The molecule has 0 spiro atoms. The molecule has 0 bridgehead atoms. The second kappa shape index (κ2) is 4.38. The molecule has 0 radical (unpaired) electrons. The quantitative estimate of drug-likeness (QED) is 0.749. The number of hydrogen-bond acceptors (Lipinski definition) is 1. The van der Waals surface area contributed by atoms with Crippen LogP contribution >= 0.6 is 0 Å². The van der Waals surface area contributed by atoms with Crippen molar-refractivity contribution in [3.8, 4) is 5.75 Å². The predicted octanol–water partition coefficient (Wildman–Crippen LogP) is 3.66. The van der Waals surface area contributed by atoms with Crippen LogP contribution in [0.25, 0.3) is 5.57 Å². The van der Waals surface area contributed by atoms with Gasteiger partial charge in [0.1, 0.15) is 5.75 Å². The van der Waals surface area contributed by atoms with E-state index in [4.69, 9.17) is 4.74 Å². The normalized spacial score (nSPS) is 11.2. The van der Waals surface area contributed by atoms with Crippen LogP contribution in [0.1, 0.15) is 12.5 Å². The Morgan fingerprint density at radius 1 is 1.27 bits per heavy atom. The third kappa shape index (κ3) is 3.01. The summed E-state index contributed by atoms with van der Waals surface area (Å²) in [6.07, 6.45) is -4.38. The van der Waals surface area contributed by atoms with Crippen LogP contribution in [0.3, 0.4) is 0 Å². The molecule has 1 aromatic rings. The van der Waals surface area contributed by atoms with Gasteiger partial charge < -0.3 is 4.74 Å². The van der Waals surface area contributed by atoms with Crippen LogP contribution in [0, 0.1) is 0 Å². The first-order valence-electron chi connectivity index (χ1n) is 4.44. The van der Waals surface area contributed by atoms with Gasteiger partial charge in [0.15, 0.2) is 0 Å². The highest BCUT2D eigenvalue weighted by Crippen LogP contribution is 2.32. The zero-order valence-corrected chi connectivity index (χ0v) is 8.27. The fraction of sp³-hybridized carbons (Fsp3) is 0.273. The zero-order chi connectivity index (χ0) is 11.5. The summed E-state index contributed by atoms with van der Waals surface area (Å²) in [7, 11) is 0. The van der Waals surface area contributed by atoms with Crippen molar-refractivity contribution in [3.63, 3.8) is 0 Å². The van der Waals surface area contributed by atoms with Crippen LogP contribution in [-0.2, 0) is 0 Å². The Bertz CT molecular complexity index is 338. The molecule has 1 aromatic carbocycles. The van der Waals surface area contributed by atoms with Crippen molar-refractivity contribution in [2.45, 2.75) is 13.1 Å². The Morgan fingerprint density at radius 2 is 1.80 bits per heavy atom. The Labute approximate surface area is 86.2 Å². The lowest BCUT2D eigenvalue weighted by Crippen LogP contribution is -2.09. The summed E-state index contributed by atoms with van der Waals surface area (Å²) in [4.78, 5) is 0. The third-order valence-electron chi connectivity index (χ3n) is 1.86. The summed E-state index contributed by atoms with van der Waals surface area (Å²) >= 11 is 0. The topological polar surface area (TPSA) is 9.23 Å². The second-order valence-electron chi connectivity index (χ2n) is 2.93. The fourth-order valence-corrected chi connectivity index (χ4v) is 1.08. The lowest BCUT2D eigenvalue weighted by atomic mass is 10.1. The fourth-order valence-electron chi connectivity index (χ4n) is 1.08. The average molecular weight is 216 g/mol. The maximum absolute atomic E-state index is 12.3. The Kier molecular flexibility index (Phi) is 3.39. The van der Waals surface area contributed by atoms with E-state index in [1.807, 2.05) is 6.92 Å². The van der Waals surface area contributed by atoms with E-state index in [1.54, 1.807) is 0 Å². The van der Waals surface area contributed by atoms with Crippen LogP contribution < -0.4 is 4.74 Å². The molecule has 4 heteroatoms. The van der Waals surface area contributed by atoms with Crippen molar-refractivity contribution in [2.75, 3.05) is 6.61 Å². The lowest BCUT2D eigenvalue weighted by molar-refractivity contribution is -0.0686. The Hall–Kier alpha value is -1.45. The lowest BCUT2D eigenvalue weighted by Gasteiger charge is -2.10. The molecule has 0 heterocycles. The summed E-state index contributed by atoms with van der Waals surface area (Å²) in [5.74, 6) is 0.552. The van der Waals surface area contributed by atoms with E-state index in [9.17, 15) is 13.2 Å². The molecule has 0 fully saturated rings. The highest BCUT2D eigenvalue weighted by molar-refractivity contribution is 5.67. The summed E-state index contributed by atoms with van der Waals surface area (Å²) in [5.41, 5.74) is -0.781. The van der Waals surface area contributed by atoms with Crippen molar-refractivity contribution in [1.29, 1.82) is 0 Å². The molecular weight excluding hydrogens is 205 g/mol. The highest BCUT2D eigenvalue weighted by atomic mass is 19.4. The van der Waals surface area contributed by atoms with Crippen molar-refractivity contribution in [3.05, 3.63) is 36.4 Å². The molecule has 0 aliphatic carbocycles. The van der Waals surface area contributed by atoms with Gasteiger partial charge in [-0.15, -0.1) is 0 Å². The van der Waals surface area contributed by atoms with E-state index >= 15 is 0 Å². The molecule has 0 aliphatic heterocycles. The molecule has 0 unspecified atom stereocenters. The van der Waals surface area contributed by atoms with Crippen molar-refractivity contribution >= 4 is 5.57 Å². The minimum absolute atomic E-state index is 0.0611. The molecule has 0 aromatic heterocycles. The van der Waals surface area contributed by atoms with Gasteiger partial charge in [0.2, 0.25) is 0 Å². The Balaban J connectivity index is 2.85. The summed E-state index contributed by atoms with van der Waals surface area (Å²) < 4.78 is 41.9. The first-order chi connectivity index (χ1) is 6.95. The maximum Gasteiger partial charge on any atom is 0.416 e. The molecule has 82 valence electrons. The monoisotopic (exact) mass is 216 g/mol. The standard InChI is InChI=1S/C11H11F3O/c1-3-15-10-6-4-9(5-7-10)8(2)11(12,13)14/h4-7H,2-3H2,1H3. The van der Waals surface area contributed by atoms with E-state index in [0.29, 0.717) is 12.4 Å². The van der Waals surface area contributed by atoms with E-state index in [2.05, 4.69) is 6.58 Å². The van der Waals surface area contributed by atoms with Gasteiger partial charge in [-0.25, -0.2) is 0 Å². The molecule has 0 saturated carbocycles. The third-order valence-corrected chi connectivity index (χ3v) is 1.86. The van der Waals surface area contributed by atoms with Gasteiger partial charge in [-0.05, 0) is 24.6 Å². The molecule has 1 rings (SSSR count). The van der Waals surface area contributed by atoms with E-state index in [1.165, 1.54) is 24.3 Å². The van der Waals surface area contributed by atoms with E-state index in [0.717, 1.165) is 0 Å².